The lowest BCUT2D eigenvalue weighted by molar-refractivity contribution is -0.179. The minimum Gasteiger partial charge on any atom is -0.348 e. The third-order valence-corrected chi connectivity index (χ3v) is 5.76. The summed E-state index contributed by atoms with van der Waals surface area (Å²) in [4.78, 5) is 0. The van der Waals surface area contributed by atoms with Crippen LogP contribution >= 0.6 is 0 Å². The van der Waals surface area contributed by atoms with Crippen molar-refractivity contribution in [3.63, 3.8) is 0 Å². The molecule has 0 amide bonds. The summed E-state index contributed by atoms with van der Waals surface area (Å²) in [7, 11) is 0. The fourth-order valence-electron chi connectivity index (χ4n) is 4.37. The van der Waals surface area contributed by atoms with E-state index in [4.69, 9.17) is 9.47 Å². The SMILES string of the molecule is CCC1CCC(NC2CCC3(CC2)OCCO3)C1C. The summed E-state index contributed by atoms with van der Waals surface area (Å²) in [6.45, 7) is 6.35. The molecule has 3 atom stereocenters. The van der Waals surface area contributed by atoms with Crippen molar-refractivity contribution in [2.45, 2.75) is 76.7 Å². The first-order valence-electron chi connectivity index (χ1n) is 8.26. The third kappa shape index (κ3) is 2.84. The van der Waals surface area contributed by atoms with E-state index in [-0.39, 0.29) is 5.79 Å². The predicted molar refractivity (Wildman–Crippen MR) is 76.0 cm³/mol. The van der Waals surface area contributed by atoms with E-state index in [0.717, 1.165) is 43.9 Å². The van der Waals surface area contributed by atoms with Crippen LogP contribution < -0.4 is 5.32 Å². The van der Waals surface area contributed by atoms with Crippen LogP contribution in [0.1, 0.15) is 58.8 Å². The van der Waals surface area contributed by atoms with Crippen LogP contribution in [0, 0.1) is 11.8 Å². The average molecular weight is 267 g/mol. The summed E-state index contributed by atoms with van der Waals surface area (Å²) in [6, 6.07) is 1.43. The maximum absolute atomic E-state index is 5.81. The summed E-state index contributed by atoms with van der Waals surface area (Å²) in [5, 5.41) is 3.93. The number of nitrogens with one attached hydrogen (secondary N) is 1. The highest BCUT2D eigenvalue weighted by atomic mass is 16.7. The Bertz CT molecular complexity index is 291. The van der Waals surface area contributed by atoms with Crippen molar-refractivity contribution < 1.29 is 9.47 Å². The molecule has 0 radical (unpaired) electrons. The normalized spacial score (nSPS) is 39.2. The first kappa shape index (κ1) is 13.8. The Balaban J connectivity index is 1.47. The largest absolute Gasteiger partial charge is 0.348 e. The lowest BCUT2D eigenvalue weighted by Gasteiger charge is -2.37. The minimum absolute atomic E-state index is 0.203. The first-order valence-corrected chi connectivity index (χ1v) is 8.26. The molecule has 1 N–H and O–H groups in total. The van der Waals surface area contributed by atoms with Crippen LogP contribution in [0.25, 0.3) is 0 Å². The molecule has 3 rings (SSSR count). The van der Waals surface area contributed by atoms with Crippen LogP contribution in [0.15, 0.2) is 0 Å². The van der Waals surface area contributed by atoms with E-state index in [1.54, 1.807) is 0 Å². The van der Waals surface area contributed by atoms with E-state index in [0.29, 0.717) is 6.04 Å². The molecule has 3 unspecified atom stereocenters. The van der Waals surface area contributed by atoms with Gasteiger partial charge in [0.2, 0.25) is 0 Å². The van der Waals surface area contributed by atoms with Gasteiger partial charge in [-0.15, -0.1) is 0 Å². The second-order valence-corrected chi connectivity index (χ2v) is 6.76. The molecule has 3 fully saturated rings. The molecule has 1 spiro atoms. The molecule has 110 valence electrons. The van der Waals surface area contributed by atoms with Gasteiger partial charge in [-0.05, 0) is 37.5 Å². The Hall–Kier alpha value is -0.120. The Morgan fingerprint density at radius 2 is 1.74 bits per heavy atom. The maximum Gasteiger partial charge on any atom is 0.168 e. The molecule has 1 saturated heterocycles. The van der Waals surface area contributed by atoms with Crippen molar-refractivity contribution in [2.75, 3.05) is 13.2 Å². The van der Waals surface area contributed by atoms with Crippen LogP contribution in [-0.4, -0.2) is 31.1 Å². The number of rotatable bonds is 3. The standard InChI is InChI=1S/C16H29NO2/c1-3-13-4-5-15(12(13)2)17-14-6-8-16(9-7-14)18-10-11-19-16/h12-15,17H,3-11H2,1-2H3. The molecule has 3 nitrogen and oxygen atoms in total. The zero-order valence-electron chi connectivity index (χ0n) is 12.5. The van der Waals surface area contributed by atoms with Gasteiger partial charge in [-0.25, -0.2) is 0 Å². The average Bonchev–Trinajstić information content (AvgIpc) is 3.01. The van der Waals surface area contributed by atoms with E-state index in [2.05, 4.69) is 19.2 Å². The summed E-state index contributed by atoms with van der Waals surface area (Å²) in [5.74, 6) is 1.58. The first-order chi connectivity index (χ1) is 9.22. The van der Waals surface area contributed by atoms with E-state index in [9.17, 15) is 0 Å². The number of hydrogen-bond acceptors (Lipinski definition) is 3. The van der Waals surface area contributed by atoms with Crippen molar-refractivity contribution in [3.8, 4) is 0 Å². The number of hydrogen-bond donors (Lipinski definition) is 1. The minimum atomic E-state index is -0.203. The van der Waals surface area contributed by atoms with Crippen molar-refractivity contribution in [3.05, 3.63) is 0 Å². The van der Waals surface area contributed by atoms with E-state index in [1.165, 1.54) is 32.1 Å². The molecule has 0 aromatic rings. The smallest absolute Gasteiger partial charge is 0.168 e. The van der Waals surface area contributed by atoms with E-state index < -0.39 is 0 Å². The fraction of sp³-hybridized carbons (Fsp3) is 1.00. The fourth-order valence-corrected chi connectivity index (χ4v) is 4.37. The van der Waals surface area contributed by atoms with Crippen LogP contribution in [-0.2, 0) is 9.47 Å². The molecule has 3 heteroatoms. The molecule has 0 bridgehead atoms. The molecule has 0 aromatic heterocycles. The highest BCUT2D eigenvalue weighted by Crippen LogP contribution is 2.38. The van der Waals surface area contributed by atoms with Crippen molar-refractivity contribution in [2.24, 2.45) is 11.8 Å². The highest BCUT2D eigenvalue weighted by molar-refractivity contribution is 4.91. The Kier molecular flexibility index (Phi) is 4.16. The van der Waals surface area contributed by atoms with Crippen LogP contribution in [0.4, 0.5) is 0 Å². The summed E-state index contributed by atoms with van der Waals surface area (Å²) >= 11 is 0. The van der Waals surface area contributed by atoms with Crippen LogP contribution in [0.2, 0.25) is 0 Å². The summed E-state index contributed by atoms with van der Waals surface area (Å²) in [6.07, 6.45) is 8.69. The van der Waals surface area contributed by atoms with Gasteiger partial charge in [-0.2, -0.15) is 0 Å². The zero-order valence-corrected chi connectivity index (χ0v) is 12.5. The quantitative estimate of drug-likeness (QED) is 0.852. The molecule has 0 aromatic carbocycles. The molecule has 3 aliphatic rings. The molecule has 2 saturated carbocycles. The second-order valence-electron chi connectivity index (χ2n) is 6.76. The molecular formula is C16H29NO2. The predicted octanol–water partition coefficient (Wildman–Crippen LogP) is 3.09. The molecule has 1 heterocycles. The monoisotopic (exact) mass is 267 g/mol. The van der Waals surface area contributed by atoms with Crippen LogP contribution in [0.5, 0.6) is 0 Å². The third-order valence-electron chi connectivity index (χ3n) is 5.76. The lowest BCUT2D eigenvalue weighted by Crippen LogP contribution is -2.46. The van der Waals surface area contributed by atoms with Gasteiger partial charge in [0.15, 0.2) is 5.79 Å². The van der Waals surface area contributed by atoms with Gasteiger partial charge in [0.1, 0.15) is 0 Å². The van der Waals surface area contributed by atoms with Gasteiger partial charge in [0, 0.05) is 24.9 Å². The van der Waals surface area contributed by atoms with Crippen molar-refractivity contribution in [1.29, 1.82) is 0 Å². The molecule has 1 aliphatic heterocycles. The van der Waals surface area contributed by atoms with Crippen molar-refractivity contribution >= 4 is 0 Å². The molecular weight excluding hydrogens is 238 g/mol. The van der Waals surface area contributed by atoms with Crippen LogP contribution in [0.3, 0.4) is 0 Å². The van der Waals surface area contributed by atoms with Gasteiger partial charge in [-0.3, -0.25) is 0 Å². The Labute approximate surface area is 117 Å². The summed E-state index contributed by atoms with van der Waals surface area (Å²) in [5.41, 5.74) is 0. The summed E-state index contributed by atoms with van der Waals surface area (Å²) < 4.78 is 11.6. The van der Waals surface area contributed by atoms with Gasteiger partial charge in [0.25, 0.3) is 0 Å². The molecule has 2 aliphatic carbocycles. The van der Waals surface area contributed by atoms with Gasteiger partial charge < -0.3 is 14.8 Å². The molecule has 19 heavy (non-hydrogen) atoms. The zero-order chi connectivity index (χ0) is 13.3. The highest BCUT2D eigenvalue weighted by Gasteiger charge is 2.41. The Morgan fingerprint density at radius 3 is 2.32 bits per heavy atom. The van der Waals surface area contributed by atoms with E-state index >= 15 is 0 Å². The second kappa shape index (κ2) is 5.71. The Morgan fingerprint density at radius 1 is 1.05 bits per heavy atom. The van der Waals surface area contributed by atoms with E-state index in [1.807, 2.05) is 0 Å². The van der Waals surface area contributed by atoms with Gasteiger partial charge >= 0.3 is 0 Å². The topological polar surface area (TPSA) is 30.5 Å². The van der Waals surface area contributed by atoms with Crippen molar-refractivity contribution in [1.82, 2.24) is 5.32 Å². The van der Waals surface area contributed by atoms with Gasteiger partial charge in [0.05, 0.1) is 13.2 Å². The maximum atomic E-state index is 5.81. The van der Waals surface area contributed by atoms with Gasteiger partial charge in [-0.1, -0.05) is 20.3 Å². The number of ether oxygens (including phenoxy) is 2. The lowest BCUT2D eigenvalue weighted by atomic mass is 9.88.